The van der Waals surface area contributed by atoms with E-state index in [-0.39, 0.29) is 22.1 Å². The number of nitrogens with one attached hydrogen (secondary N) is 1. The molecule has 0 aliphatic rings. The van der Waals surface area contributed by atoms with Crippen LogP contribution in [-0.2, 0) is 4.79 Å². The van der Waals surface area contributed by atoms with E-state index in [1.807, 2.05) is 0 Å². The molecule has 0 heterocycles. The first kappa shape index (κ1) is 18.3. The van der Waals surface area contributed by atoms with Crippen molar-refractivity contribution < 1.29 is 14.5 Å². The Balaban J connectivity index is 2.13. The van der Waals surface area contributed by atoms with Gasteiger partial charge in [0, 0.05) is 23.2 Å². The van der Waals surface area contributed by atoms with Gasteiger partial charge in [0.2, 0.25) is 0 Å². The van der Waals surface area contributed by atoms with Crippen molar-refractivity contribution in [2.75, 3.05) is 5.32 Å². The van der Waals surface area contributed by atoms with E-state index in [2.05, 4.69) is 5.32 Å². The van der Waals surface area contributed by atoms with Crippen LogP contribution in [0.1, 0.15) is 6.92 Å². The molecule has 0 aromatic heterocycles. The van der Waals surface area contributed by atoms with Crippen molar-refractivity contribution in [1.82, 2.24) is 0 Å². The number of carbonyl (C=O) groups excluding carboxylic acids is 1. The molecule has 0 radical (unpaired) electrons. The van der Waals surface area contributed by atoms with Gasteiger partial charge in [-0.25, -0.2) is 0 Å². The van der Waals surface area contributed by atoms with Gasteiger partial charge in [-0.15, -0.1) is 0 Å². The van der Waals surface area contributed by atoms with Crippen molar-refractivity contribution in [2.45, 2.75) is 13.0 Å². The molecule has 1 N–H and O–H groups in total. The van der Waals surface area contributed by atoms with Gasteiger partial charge in [0.05, 0.1) is 20.7 Å². The molecular weight excluding hydrogens is 379 g/mol. The molecule has 0 saturated carbocycles. The lowest BCUT2D eigenvalue weighted by Crippen LogP contribution is -2.30. The van der Waals surface area contributed by atoms with Gasteiger partial charge in [-0.2, -0.15) is 0 Å². The number of hydrogen-bond donors (Lipinski definition) is 1. The van der Waals surface area contributed by atoms with E-state index >= 15 is 0 Å². The summed E-state index contributed by atoms with van der Waals surface area (Å²) in [4.78, 5) is 22.4. The number of amides is 1. The molecule has 0 saturated heterocycles. The first-order valence-electron chi connectivity index (χ1n) is 6.64. The molecule has 0 spiro atoms. The van der Waals surface area contributed by atoms with Crippen LogP contribution in [0.15, 0.2) is 36.4 Å². The topological polar surface area (TPSA) is 81.5 Å². The van der Waals surface area contributed by atoms with E-state index < -0.39 is 16.9 Å². The van der Waals surface area contributed by atoms with Gasteiger partial charge in [-0.1, -0.05) is 34.8 Å². The van der Waals surface area contributed by atoms with Crippen LogP contribution >= 0.6 is 34.8 Å². The summed E-state index contributed by atoms with van der Waals surface area (Å²) in [5.74, 6) is -0.301. The molecule has 1 unspecified atom stereocenters. The van der Waals surface area contributed by atoms with E-state index in [0.29, 0.717) is 10.0 Å². The zero-order valence-electron chi connectivity index (χ0n) is 12.3. The predicted octanol–water partition coefficient (Wildman–Crippen LogP) is 4.96. The quantitative estimate of drug-likeness (QED) is 0.579. The minimum atomic E-state index is -0.934. The zero-order chi connectivity index (χ0) is 17.9. The lowest BCUT2D eigenvalue weighted by atomic mass is 10.2. The highest BCUT2D eigenvalue weighted by molar-refractivity contribution is 6.34. The summed E-state index contributed by atoms with van der Waals surface area (Å²) < 4.78 is 5.47. The van der Waals surface area contributed by atoms with Gasteiger partial charge < -0.3 is 10.1 Å². The summed E-state index contributed by atoms with van der Waals surface area (Å²) in [5, 5.41) is 14.1. The van der Waals surface area contributed by atoms with Crippen molar-refractivity contribution in [3.8, 4) is 5.75 Å². The Morgan fingerprint density at radius 1 is 1.17 bits per heavy atom. The minimum absolute atomic E-state index is 0.114. The smallest absolute Gasteiger partial charge is 0.271 e. The Labute approximate surface area is 152 Å². The fourth-order valence-electron chi connectivity index (χ4n) is 1.77. The van der Waals surface area contributed by atoms with Crippen molar-refractivity contribution in [3.63, 3.8) is 0 Å². The summed E-state index contributed by atoms with van der Waals surface area (Å²) in [6, 6.07) is 8.34. The van der Waals surface area contributed by atoms with Crippen LogP contribution in [0.4, 0.5) is 11.4 Å². The monoisotopic (exact) mass is 388 g/mol. The number of hydrogen-bond acceptors (Lipinski definition) is 4. The predicted molar refractivity (Wildman–Crippen MR) is 93.3 cm³/mol. The second-order valence-corrected chi connectivity index (χ2v) is 6.00. The highest BCUT2D eigenvalue weighted by Crippen LogP contribution is 2.30. The molecule has 2 rings (SSSR count). The van der Waals surface area contributed by atoms with Crippen molar-refractivity contribution in [1.29, 1.82) is 0 Å². The van der Waals surface area contributed by atoms with Crippen LogP contribution in [0, 0.1) is 10.1 Å². The van der Waals surface area contributed by atoms with Gasteiger partial charge >= 0.3 is 0 Å². The minimum Gasteiger partial charge on any atom is -0.479 e. The molecule has 2 aromatic carbocycles. The number of non-ortho nitro benzene ring substituents is 1. The normalized spacial score (nSPS) is 11.7. The molecule has 0 bridgehead atoms. The molecule has 9 heteroatoms. The average Bonchev–Trinajstić information content (AvgIpc) is 2.52. The maximum atomic E-state index is 12.2. The zero-order valence-corrected chi connectivity index (χ0v) is 14.5. The number of carbonyl (C=O) groups is 1. The molecule has 0 fully saturated rings. The largest absolute Gasteiger partial charge is 0.479 e. The molecule has 2 aromatic rings. The van der Waals surface area contributed by atoms with Crippen LogP contribution in [0.3, 0.4) is 0 Å². The van der Waals surface area contributed by atoms with Gasteiger partial charge in [-0.05, 0) is 25.1 Å². The number of nitro groups is 1. The van der Waals surface area contributed by atoms with Gasteiger partial charge in [0.15, 0.2) is 6.10 Å². The third kappa shape index (κ3) is 4.50. The summed E-state index contributed by atoms with van der Waals surface area (Å²) in [6.45, 7) is 1.50. The summed E-state index contributed by atoms with van der Waals surface area (Å²) in [5.41, 5.74) is -0.0790. The van der Waals surface area contributed by atoms with Crippen LogP contribution < -0.4 is 10.1 Å². The maximum Gasteiger partial charge on any atom is 0.271 e. The van der Waals surface area contributed by atoms with Crippen molar-refractivity contribution in [2.24, 2.45) is 0 Å². The Morgan fingerprint density at radius 2 is 1.83 bits per heavy atom. The maximum absolute atomic E-state index is 12.2. The Morgan fingerprint density at radius 3 is 2.50 bits per heavy atom. The molecule has 0 aliphatic carbocycles. The first-order valence-corrected chi connectivity index (χ1v) is 7.78. The third-order valence-electron chi connectivity index (χ3n) is 2.98. The fraction of sp³-hybridized carbons (Fsp3) is 0.133. The second-order valence-electron chi connectivity index (χ2n) is 4.75. The molecule has 1 atom stereocenters. The number of ether oxygens (including phenoxy) is 1. The number of halogens is 3. The van der Waals surface area contributed by atoms with Crippen LogP contribution in [0.5, 0.6) is 5.75 Å². The second kappa shape index (κ2) is 7.70. The molecule has 1 amide bonds. The lowest BCUT2D eigenvalue weighted by molar-refractivity contribution is -0.384. The molecule has 24 heavy (non-hydrogen) atoms. The van der Waals surface area contributed by atoms with Gasteiger partial charge in [0.1, 0.15) is 5.75 Å². The SMILES string of the molecule is CC(Oc1cc(Cl)ccc1Cl)C(=O)Nc1cc([N+](=O)[O-])ccc1Cl. The standard InChI is InChI=1S/C15H11Cl3N2O4/c1-8(24-14-6-9(16)2-4-12(14)18)15(21)19-13-7-10(20(22)23)3-5-11(13)17/h2-8H,1H3,(H,19,21). The highest BCUT2D eigenvalue weighted by atomic mass is 35.5. The molecule has 6 nitrogen and oxygen atoms in total. The molecule has 126 valence electrons. The van der Waals surface area contributed by atoms with Crippen molar-refractivity contribution in [3.05, 3.63) is 61.6 Å². The Bertz CT molecular complexity index is 798. The van der Waals surface area contributed by atoms with Crippen LogP contribution in [-0.4, -0.2) is 16.9 Å². The highest BCUT2D eigenvalue weighted by Gasteiger charge is 2.19. The number of nitrogens with zero attached hydrogens (tertiary/aromatic N) is 1. The number of benzene rings is 2. The first-order chi connectivity index (χ1) is 11.3. The number of rotatable bonds is 5. The lowest BCUT2D eigenvalue weighted by Gasteiger charge is -2.16. The average molecular weight is 390 g/mol. The van der Waals surface area contributed by atoms with E-state index in [1.165, 1.54) is 31.2 Å². The third-order valence-corrected chi connectivity index (χ3v) is 3.86. The van der Waals surface area contributed by atoms with Gasteiger partial charge in [0.25, 0.3) is 11.6 Å². The molecule has 0 aliphatic heterocycles. The molecular formula is C15H11Cl3N2O4. The summed E-state index contributed by atoms with van der Waals surface area (Å²) in [6.07, 6.45) is -0.934. The van der Waals surface area contributed by atoms with E-state index in [1.54, 1.807) is 12.1 Å². The number of anilines is 1. The van der Waals surface area contributed by atoms with E-state index in [4.69, 9.17) is 39.5 Å². The summed E-state index contributed by atoms with van der Waals surface area (Å²) >= 11 is 17.8. The number of nitro benzene ring substituents is 1. The van der Waals surface area contributed by atoms with E-state index in [0.717, 1.165) is 0 Å². The van der Waals surface area contributed by atoms with E-state index in [9.17, 15) is 14.9 Å². The Kier molecular flexibility index (Phi) is 5.88. The summed E-state index contributed by atoms with van der Waals surface area (Å²) in [7, 11) is 0. The fourth-order valence-corrected chi connectivity index (χ4v) is 2.26. The van der Waals surface area contributed by atoms with Crippen LogP contribution in [0.25, 0.3) is 0 Å². The van der Waals surface area contributed by atoms with Crippen LogP contribution in [0.2, 0.25) is 15.1 Å². The van der Waals surface area contributed by atoms with Gasteiger partial charge in [-0.3, -0.25) is 14.9 Å². The Hall–Kier alpha value is -2.02. The van der Waals surface area contributed by atoms with Crippen molar-refractivity contribution >= 4 is 52.1 Å².